The predicted octanol–water partition coefficient (Wildman–Crippen LogP) is -1.71. The van der Waals surface area contributed by atoms with Gasteiger partial charge in [0.25, 0.3) is 0 Å². The van der Waals surface area contributed by atoms with Gasteiger partial charge in [0, 0.05) is 5.75 Å². The van der Waals surface area contributed by atoms with Gasteiger partial charge in [-0.25, -0.2) is 4.79 Å². The van der Waals surface area contributed by atoms with Crippen molar-refractivity contribution in [3.05, 3.63) is 0 Å². The van der Waals surface area contributed by atoms with E-state index in [-0.39, 0.29) is 5.75 Å². The maximum atomic E-state index is 11.1. The summed E-state index contributed by atoms with van der Waals surface area (Å²) in [6.45, 7) is 0. The number of hydrogen-bond donors (Lipinski definition) is 5. The molecule has 1 amide bonds. The van der Waals surface area contributed by atoms with Crippen molar-refractivity contribution in [2.75, 3.05) is 5.75 Å². The van der Waals surface area contributed by atoms with Gasteiger partial charge in [0.2, 0.25) is 5.91 Å². The molecule has 0 spiro atoms. The van der Waals surface area contributed by atoms with E-state index in [1.54, 1.807) is 0 Å². The fourth-order valence-electron chi connectivity index (χ4n) is 0.726. The van der Waals surface area contributed by atoms with Crippen LogP contribution in [0.15, 0.2) is 0 Å². The minimum Gasteiger partial charge on any atom is -0.480 e. The number of carbonyl (C=O) groups is 3. The largest absolute Gasteiger partial charge is 0.480 e. The number of rotatable bonds is 6. The van der Waals surface area contributed by atoms with Crippen LogP contribution in [0.3, 0.4) is 0 Å². The second-order valence-corrected chi connectivity index (χ2v) is 3.15. The molecule has 0 saturated heterocycles. The third-order valence-corrected chi connectivity index (χ3v) is 1.90. The molecule has 0 fully saturated rings. The molecule has 5 N–H and O–H groups in total. The second-order valence-electron chi connectivity index (χ2n) is 2.79. The molecule has 0 aliphatic rings. The molecule has 0 aliphatic heterocycles. The summed E-state index contributed by atoms with van der Waals surface area (Å²) < 4.78 is 0. The standard InChI is InChI=1S/C7H12N2O5S/c8-3(6(11)12)1-5(10)9-4(2-15)7(13)14/h3-4,15H,1-2,8H2,(H,9,10)(H,11,12)(H,13,14)/t3-,4-/m0/s1. The number of nitrogens with one attached hydrogen (secondary N) is 1. The molecule has 0 aromatic rings. The van der Waals surface area contributed by atoms with E-state index in [0.29, 0.717) is 0 Å². The van der Waals surface area contributed by atoms with Gasteiger partial charge in [-0.2, -0.15) is 12.6 Å². The zero-order valence-electron chi connectivity index (χ0n) is 7.71. The molecule has 0 radical (unpaired) electrons. The lowest BCUT2D eigenvalue weighted by Gasteiger charge is -2.12. The van der Waals surface area contributed by atoms with Crippen LogP contribution in [-0.2, 0) is 14.4 Å². The molecule has 86 valence electrons. The molecule has 0 aliphatic carbocycles. The average molecular weight is 236 g/mol. The van der Waals surface area contributed by atoms with E-state index in [1.165, 1.54) is 0 Å². The Morgan fingerprint density at radius 1 is 1.27 bits per heavy atom. The highest BCUT2D eigenvalue weighted by Crippen LogP contribution is 1.93. The van der Waals surface area contributed by atoms with Gasteiger partial charge >= 0.3 is 11.9 Å². The minimum atomic E-state index is -1.33. The SMILES string of the molecule is N[C@@H](CC(=O)N[C@@H](CS)C(=O)O)C(=O)O. The minimum absolute atomic E-state index is 0.0800. The van der Waals surface area contributed by atoms with Crippen LogP contribution < -0.4 is 11.1 Å². The summed E-state index contributed by atoms with van der Waals surface area (Å²) in [5.41, 5.74) is 5.08. The number of amides is 1. The highest BCUT2D eigenvalue weighted by molar-refractivity contribution is 7.80. The van der Waals surface area contributed by atoms with Crippen LogP contribution in [0.25, 0.3) is 0 Å². The number of nitrogens with two attached hydrogens (primary N) is 1. The van der Waals surface area contributed by atoms with Crippen LogP contribution in [0, 0.1) is 0 Å². The molecular formula is C7H12N2O5S. The topological polar surface area (TPSA) is 130 Å². The third-order valence-electron chi connectivity index (χ3n) is 1.54. The lowest BCUT2D eigenvalue weighted by molar-refractivity contribution is -0.142. The van der Waals surface area contributed by atoms with E-state index in [1.807, 2.05) is 0 Å². The maximum absolute atomic E-state index is 11.1. The molecule has 8 heteroatoms. The average Bonchev–Trinajstić information content (AvgIpc) is 2.13. The molecule has 2 atom stereocenters. The molecule has 0 rings (SSSR count). The first-order valence-electron chi connectivity index (χ1n) is 4.00. The quantitative estimate of drug-likeness (QED) is 0.349. The van der Waals surface area contributed by atoms with Crippen molar-refractivity contribution in [1.29, 1.82) is 0 Å². The first-order chi connectivity index (χ1) is 6.88. The summed E-state index contributed by atoms with van der Waals surface area (Å²) in [7, 11) is 0. The van der Waals surface area contributed by atoms with E-state index < -0.39 is 36.4 Å². The molecule has 0 unspecified atom stereocenters. The van der Waals surface area contributed by atoms with Gasteiger partial charge in [-0.1, -0.05) is 0 Å². The van der Waals surface area contributed by atoms with Crippen LogP contribution in [0.2, 0.25) is 0 Å². The lowest BCUT2D eigenvalue weighted by Crippen LogP contribution is -2.45. The van der Waals surface area contributed by atoms with Gasteiger partial charge in [-0.05, 0) is 0 Å². The maximum Gasteiger partial charge on any atom is 0.327 e. The summed E-state index contributed by atoms with van der Waals surface area (Å²) in [6, 6.07) is -2.47. The number of carboxylic acids is 2. The van der Waals surface area contributed by atoms with Crippen molar-refractivity contribution in [2.45, 2.75) is 18.5 Å². The highest BCUT2D eigenvalue weighted by Gasteiger charge is 2.21. The summed E-state index contributed by atoms with van der Waals surface area (Å²) in [6.07, 6.45) is -0.465. The Balaban J connectivity index is 4.13. The van der Waals surface area contributed by atoms with Crippen molar-refractivity contribution in [1.82, 2.24) is 5.32 Å². The number of hydrogen-bond acceptors (Lipinski definition) is 5. The third kappa shape index (κ3) is 5.23. The summed E-state index contributed by atoms with van der Waals surface area (Å²) >= 11 is 3.72. The van der Waals surface area contributed by atoms with Crippen molar-refractivity contribution >= 4 is 30.5 Å². The van der Waals surface area contributed by atoms with E-state index in [9.17, 15) is 14.4 Å². The Morgan fingerprint density at radius 2 is 1.80 bits per heavy atom. The van der Waals surface area contributed by atoms with Crippen molar-refractivity contribution < 1.29 is 24.6 Å². The summed E-state index contributed by atoms with van der Waals surface area (Å²) in [5.74, 6) is -3.36. The summed E-state index contributed by atoms with van der Waals surface area (Å²) in [5, 5.41) is 19.0. The predicted molar refractivity (Wildman–Crippen MR) is 53.6 cm³/mol. The van der Waals surface area contributed by atoms with Gasteiger partial charge in [-0.3, -0.25) is 9.59 Å². The van der Waals surface area contributed by atoms with Gasteiger partial charge in [0.15, 0.2) is 0 Å². The van der Waals surface area contributed by atoms with Crippen LogP contribution in [-0.4, -0.2) is 45.9 Å². The van der Waals surface area contributed by atoms with Crippen LogP contribution >= 0.6 is 12.6 Å². The van der Waals surface area contributed by atoms with E-state index in [0.717, 1.165) is 0 Å². The van der Waals surface area contributed by atoms with Crippen molar-refractivity contribution in [3.8, 4) is 0 Å². The lowest BCUT2D eigenvalue weighted by atomic mass is 10.2. The van der Waals surface area contributed by atoms with Crippen LogP contribution in [0.4, 0.5) is 0 Å². The van der Waals surface area contributed by atoms with E-state index in [4.69, 9.17) is 15.9 Å². The Hall–Kier alpha value is -1.28. The van der Waals surface area contributed by atoms with E-state index in [2.05, 4.69) is 17.9 Å². The second kappa shape index (κ2) is 6.25. The Bertz CT molecular complexity index is 270. The van der Waals surface area contributed by atoms with Gasteiger partial charge in [-0.15, -0.1) is 0 Å². The smallest absolute Gasteiger partial charge is 0.327 e. The van der Waals surface area contributed by atoms with Crippen LogP contribution in [0.5, 0.6) is 0 Å². The number of aliphatic carboxylic acids is 2. The molecule has 15 heavy (non-hydrogen) atoms. The zero-order chi connectivity index (χ0) is 12.0. The fraction of sp³-hybridized carbons (Fsp3) is 0.571. The Morgan fingerprint density at radius 3 is 2.13 bits per heavy atom. The molecule has 0 bridgehead atoms. The van der Waals surface area contributed by atoms with Gasteiger partial charge < -0.3 is 21.3 Å². The molecule has 0 aromatic heterocycles. The molecule has 0 saturated carbocycles. The molecule has 0 heterocycles. The van der Waals surface area contributed by atoms with Crippen molar-refractivity contribution in [3.63, 3.8) is 0 Å². The highest BCUT2D eigenvalue weighted by atomic mass is 32.1. The van der Waals surface area contributed by atoms with Crippen molar-refractivity contribution in [2.24, 2.45) is 5.73 Å². The van der Waals surface area contributed by atoms with E-state index >= 15 is 0 Å². The monoisotopic (exact) mass is 236 g/mol. The Kier molecular flexibility index (Phi) is 5.72. The first-order valence-corrected chi connectivity index (χ1v) is 4.63. The molecular weight excluding hydrogens is 224 g/mol. The van der Waals surface area contributed by atoms with Gasteiger partial charge in [0.05, 0.1) is 6.42 Å². The van der Waals surface area contributed by atoms with Gasteiger partial charge in [0.1, 0.15) is 12.1 Å². The number of carbonyl (C=O) groups excluding carboxylic acids is 1. The molecule has 7 nitrogen and oxygen atoms in total. The fourth-order valence-corrected chi connectivity index (χ4v) is 0.973. The van der Waals surface area contributed by atoms with Crippen LogP contribution in [0.1, 0.15) is 6.42 Å². The Labute approximate surface area is 91.0 Å². The first kappa shape index (κ1) is 13.7. The zero-order valence-corrected chi connectivity index (χ0v) is 8.61. The number of thiol groups is 1. The number of carboxylic acid groups (broad SMARTS) is 2. The normalized spacial score (nSPS) is 14.0. The molecule has 0 aromatic carbocycles. The summed E-state index contributed by atoms with van der Waals surface area (Å²) in [4.78, 5) is 31.8.